The van der Waals surface area contributed by atoms with Crippen molar-refractivity contribution in [3.05, 3.63) is 71.7 Å². The summed E-state index contributed by atoms with van der Waals surface area (Å²) in [5.74, 6) is 0.617. The number of benzene rings is 2. The number of amides is 1. The molecule has 1 saturated carbocycles. The van der Waals surface area contributed by atoms with Crippen molar-refractivity contribution in [2.24, 2.45) is 11.8 Å². The third-order valence-electron chi connectivity index (χ3n) is 6.39. The number of rotatable bonds is 4. The highest BCUT2D eigenvalue weighted by Gasteiger charge is 2.30. The summed E-state index contributed by atoms with van der Waals surface area (Å²) in [6.45, 7) is 4.07. The van der Waals surface area contributed by atoms with Crippen molar-refractivity contribution in [1.29, 1.82) is 0 Å². The minimum absolute atomic E-state index is 0.0242. The molecule has 4 heteroatoms. The van der Waals surface area contributed by atoms with Gasteiger partial charge in [0.15, 0.2) is 0 Å². The van der Waals surface area contributed by atoms with Gasteiger partial charge in [0.25, 0.3) is 0 Å². The zero-order chi connectivity index (χ0) is 20.4. The molecule has 29 heavy (non-hydrogen) atoms. The molecule has 0 aliphatic heterocycles. The zero-order valence-corrected chi connectivity index (χ0v) is 17.0. The van der Waals surface area contributed by atoms with E-state index in [1.807, 2.05) is 50.4 Å². The van der Waals surface area contributed by atoms with Crippen molar-refractivity contribution in [3.63, 3.8) is 0 Å². The van der Waals surface area contributed by atoms with E-state index >= 15 is 0 Å². The van der Waals surface area contributed by atoms with Crippen LogP contribution in [0.3, 0.4) is 0 Å². The average Bonchev–Trinajstić information content (AvgIpc) is 2.74. The Balaban J connectivity index is 1.41. The monoisotopic (exact) mass is 390 g/mol. The summed E-state index contributed by atoms with van der Waals surface area (Å²) in [7, 11) is 0. The van der Waals surface area contributed by atoms with Crippen LogP contribution in [-0.4, -0.2) is 10.9 Å². The molecule has 0 spiro atoms. The molecule has 1 atom stereocenters. The number of nitrogens with one attached hydrogen (secondary N) is 1. The van der Waals surface area contributed by atoms with Crippen molar-refractivity contribution < 1.29 is 9.18 Å². The maximum absolute atomic E-state index is 13.8. The van der Waals surface area contributed by atoms with Crippen LogP contribution in [0.2, 0.25) is 0 Å². The minimum Gasteiger partial charge on any atom is -0.326 e. The number of nitrogens with zero attached hydrogens (tertiary/aromatic N) is 1. The Kier molecular flexibility index (Phi) is 5.61. The second kappa shape index (κ2) is 8.32. The van der Waals surface area contributed by atoms with Crippen LogP contribution in [0.15, 0.2) is 54.7 Å². The zero-order valence-electron chi connectivity index (χ0n) is 17.0. The van der Waals surface area contributed by atoms with Gasteiger partial charge in [0.2, 0.25) is 5.91 Å². The molecule has 1 aromatic heterocycles. The molecule has 4 rings (SSSR count). The number of fused-ring (bicyclic) bond motifs is 1. The number of carbonyl (C=O) groups excluding carboxylic acids is 1. The van der Waals surface area contributed by atoms with Crippen LogP contribution < -0.4 is 5.32 Å². The molecule has 0 radical (unpaired) electrons. The summed E-state index contributed by atoms with van der Waals surface area (Å²) in [6, 6.07) is 14.7. The van der Waals surface area contributed by atoms with Crippen molar-refractivity contribution in [2.45, 2.75) is 45.4 Å². The van der Waals surface area contributed by atoms with Crippen molar-refractivity contribution >= 4 is 22.5 Å². The van der Waals surface area contributed by atoms with E-state index in [0.717, 1.165) is 42.3 Å². The van der Waals surface area contributed by atoms with Gasteiger partial charge in [0, 0.05) is 23.2 Å². The van der Waals surface area contributed by atoms with Gasteiger partial charge < -0.3 is 5.32 Å². The Morgan fingerprint density at radius 2 is 1.79 bits per heavy atom. The fraction of sp³-hybridized carbons (Fsp3) is 0.360. The summed E-state index contributed by atoms with van der Waals surface area (Å²) in [6.07, 6.45) is 5.86. The van der Waals surface area contributed by atoms with Crippen LogP contribution in [0.4, 0.5) is 10.1 Å². The predicted octanol–water partition coefficient (Wildman–Crippen LogP) is 6.23. The third kappa shape index (κ3) is 4.31. The molecule has 1 amide bonds. The first-order valence-electron chi connectivity index (χ1n) is 10.4. The van der Waals surface area contributed by atoms with E-state index in [9.17, 15) is 9.18 Å². The van der Waals surface area contributed by atoms with E-state index in [-0.39, 0.29) is 17.6 Å². The smallest absolute Gasteiger partial charge is 0.227 e. The first-order chi connectivity index (χ1) is 14.0. The molecular weight excluding hydrogens is 363 g/mol. The van der Waals surface area contributed by atoms with Gasteiger partial charge in [-0.3, -0.25) is 9.78 Å². The summed E-state index contributed by atoms with van der Waals surface area (Å²) in [5.41, 5.74) is 4.06. The van der Waals surface area contributed by atoms with Crippen LogP contribution in [0.1, 0.15) is 49.7 Å². The molecule has 1 N–H and O–H groups in total. The number of hydrogen-bond acceptors (Lipinski definition) is 2. The highest BCUT2D eigenvalue weighted by Crippen LogP contribution is 2.41. The summed E-state index contributed by atoms with van der Waals surface area (Å²) < 4.78 is 13.8. The highest BCUT2D eigenvalue weighted by molar-refractivity contribution is 5.92. The third-order valence-corrected chi connectivity index (χ3v) is 6.39. The number of aryl methyl sites for hydroxylation is 1. The number of carbonyl (C=O) groups is 1. The van der Waals surface area contributed by atoms with Crippen LogP contribution in [-0.2, 0) is 4.79 Å². The number of aromatic nitrogens is 1. The average molecular weight is 391 g/mol. The summed E-state index contributed by atoms with van der Waals surface area (Å²) >= 11 is 0. The van der Waals surface area contributed by atoms with Crippen LogP contribution in [0, 0.1) is 24.6 Å². The quantitative estimate of drug-likeness (QED) is 0.574. The maximum atomic E-state index is 13.8. The highest BCUT2D eigenvalue weighted by atomic mass is 19.1. The lowest BCUT2D eigenvalue weighted by Crippen LogP contribution is -2.29. The molecule has 0 bridgehead atoms. The Labute approximate surface area is 171 Å². The molecule has 0 saturated heterocycles. The van der Waals surface area contributed by atoms with Gasteiger partial charge in [0.05, 0.1) is 5.52 Å². The van der Waals surface area contributed by atoms with Crippen molar-refractivity contribution in [3.8, 4) is 0 Å². The Morgan fingerprint density at radius 1 is 1.07 bits per heavy atom. The van der Waals surface area contributed by atoms with Crippen molar-refractivity contribution in [1.82, 2.24) is 4.98 Å². The number of anilines is 1. The van der Waals surface area contributed by atoms with Crippen LogP contribution in [0.5, 0.6) is 0 Å². The van der Waals surface area contributed by atoms with Gasteiger partial charge in [0.1, 0.15) is 5.82 Å². The Morgan fingerprint density at radius 3 is 2.52 bits per heavy atom. The largest absolute Gasteiger partial charge is 0.326 e. The van der Waals surface area contributed by atoms with Gasteiger partial charge in [-0.25, -0.2) is 4.39 Å². The van der Waals surface area contributed by atoms with E-state index < -0.39 is 0 Å². The SMILES string of the molecule is Cc1ccc(NC(=O)[C@H](C)[C@H]2CC[C@@H](c3ccnc4ccc(F)cc43)CC2)cc1. The molecule has 1 aliphatic rings. The topological polar surface area (TPSA) is 42.0 Å². The lowest BCUT2D eigenvalue weighted by atomic mass is 9.73. The molecule has 3 aromatic rings. The maximum Gasteiger partial charge on any atom is 0.227 e. The van der Waals surface area contributed by atoms with E-state index in [0.29, 0.717) is 11.8 Å². The van der Waals surface area contributed by atoms with Crippen LogP contribution >= 0.6 is 0 Å². The molecule has 1 fully saturated rings. The lowest BCUT2D eigenvalue weighted by Gasteiger charge is -2.32. The first kappa shape index (κ1) is 19.6. The summed E-state index contributed by atoms with van der Waals surface area (Å²) in [5, 5.41) is 3.97. The van der Waals surface area contributed by atoms with Gasteiger partial charge in [-0.1, -0.05) is 24.6 Å². The minimum atomic E-state index is -0.221. The molecule has 3 nitrogen and oxygen atoms in total. The Hall–Kier alpha value is -2.75. The second-order valence-corrected chi connectivity index (χ2v) is 8.32. The fourth-order valence-corrected chi connectivity index (χ4v) is 4.53. The molecule has 150 valence electrons. The summed E-state index contributed by atoms with van der Waals surface area (Å²) in [4.78, 5) is 17.1. The lowest BCUT2D eigenvalue weighted by molar-refractivity contribution is -0.121. The van der Waals surface area contributed by atoms with Gasteiger partial charge >= 0.3 is 0 Å². The van der Waals surface area contributed by atoms with E-state index in [4.69, 9.17) is 0 Å². The van der Waals surface area contributed by atoms with Gasteiger partial charge in [-0.15, -0.1) is 0 Å². The van der Waals surface area contributed by atoms with E-state index in [1.165, 1.54) is 17.2 Å². The molecule has 1 aliphatic carbocycles. The van der Waals surface area contributed by atoms with Gasteiger partial charge in [-0.05, 0) is 86.4 Å². The van der Waals surface area contributed by atoms with E-state index in [2.05, 4.69) is 10.3 Å². The standard InChI is InChI=1S/C25H27FN2O/c1-16-3-10-21(11-4-16)28-25(29)17(2)18-5-7-19(8-6-18)22-13-14-27-24-12-9-20(26)15-23(22)24/h3-4,9-15,17-19H,5-8H2,1-2H3,(H,28,29)/t17-,18-,19+/m1/s1. The van der Waals surface area contributed by atoms with E-state index in [1.54, 1.807) is 12.1 Å². The predicted molar refractivity (Wildman–Crippen MR) is 115 cm³/mol. The number of hydrogen-bond donors (Lipinski definition) is 1. The number of pyridine rings is 1. The first-order valence-corrected chi connectivity index (χ1v) is 10.4. The molecular formula is C25H27FN2O. The number of halogens is 1. The Bertz CT molecular complexity index is 1010. The van der Waals surface area contributed by atoms with Crippen molar-refractivity contribution in [2.75, 3.05) is 5.32 Å². The molecule has 1 heterocycles. The second-order valence-electron chi connectivity index (χ2n) is 8.32. The van der Waals surface area contributed by atoms with Gasteiger partial charge in [-0.2, -0.15) is 0 Å². The normalized spacial score (nSPS) is 20.4. The molecule has 0 unspecified atom stereocenters. The fourth-order valence-electron chi connectivity index (χ4n) is 4.53. The molecule has 2 aromatic carbocycles. The van der Waals surface area contributed by atoms with Crippen LogP contribution in [0.25, 0.3) is 10.9 Å².